The van der Waals surface area contributed by atoms with Crippen molar-refractivity contribution in [3.63, 3.8) is 0 Å². The third kappa shape index (κ3) is 3.02. The Morgan fingerprint density at radius 3 is 2.50 bits per heavy atom. The molecule has 0 saturated heterocycles. The Morgan fingerprint density at radius 1 is 1.36 bits per heavy atom. The molecule has 0 aromatic heterocycles. The zero-order valence-electron chi connectivity index (χ0n) is 7.80. The molecule has 14 heavy (non-hydrogen) atoms. The van der Waals surface area contributed by atoms with Gasteiger partial charge >= 0.3 is 0 Å². The molecule has 0 spiro atoms. The lowest BCUT2D eigenvalue weighted by atomic mass is 10.3. The molecular formula is C9H11NO4. The fourth-order valence-electron chi connectivity index (χ4n) is 0.816. The van der Waals surface area contributed by atoms with Crippen molar-refractivity contribution in [1.82, 2.24) is 0 Å². The molecule has 0 heterocycles. The van der Waals surface area contributed by atoms with Gasteiger partial charge in [0.25, 0.3) is 5.69 Å². The van der Waals surface area contributed by atoms with Crippen molar-refractivity contribution in [3.05, 3.63) is 34.4 Å². The molecule has 76 valence electrons. The number of rotatable bonds is 5. The predicted octanol–water partition coefficient (Wildman–Crippen LogP) is 2.32. The highest BCUT2D eigenvalue weighted by molar-refractivity contribution is 5.35. The van der Waals surface area contributed by atoms with Gasteiger partial charge in [0.15, 0.2) is 5.75 Å². The van der Waals surface area contributed by atoms with Gasteiger partial charge in [0, 0.05) is 12.1 Å². The number of nitro benzene ring substituents is 1. The van der Waals surface area contributed by atoms with E-state index in [0.717, 1.165) is 6.42 Å². The molecule has 0 unspecified atom stereocenters. The van der Waals surface area contributed by atoms with Gasteiger partial charge in [-0.2, -0.15) is 4.89 Å². The van der Waals surface area contributed by atoms with E-state index in [4.69, 9.17) is 9.78 Å². The van der Waals surface area contributed by atoms with Gasteiger partial charge in [-0.05, 0) is 18.6 Å². The van der Waals surface area contributed by atoms with Gasteiger partial charge in [0.2, 0.25) is 0 Å². The highest BCUT2D eigenvalue weighted by Crippen LogP contribution is 2.17. The molecule has 0 aliphatic carbocycles. The number of hydrogen-bond donors (Lipinski definition) is 0. The second kappa shape index (κ2) is 5.18. The van der Waals surface area contributed by atoms with Gasteiger partial charge in [-0.25, -0.2) is 0 Å². The number of benzene rings is 1. The Bertz CT molecular complexity index is 296. The molecule has 1 aromatic carbocycles. The molecule has 0 aliphatic rings. The van der Waals surface area contributed by atoms with Crippen LogP contribution in [0.5, 0.6) is 5.75 Å². The number of nitrogens with zero attached hydrogens (tertiary/aromatic N) is 1. The van der Waals surface area contributed by atoms with Crippen LogP contribution in [0.4, 0.5) is 5.69 Å². The molecule has 0 N–H and O–H groups in total. The molecule has 5 heteroatoms. The Morgan fingerprint density at radius 2 is 2.00 bits per heavy atom. The van der Waals surface area contributed by atoms with Gasteiger partial charge in [-0.3, -0.25) is 10.1 Å². The average molecular weight is 197 g/mol. The lowest BCUT2D eigenvalue weighted by Gasteiger charge is -2.02. The van der Waals surface area contributed by atoms with Crippen molar-refractivity contribution in [2.45, 2.75) is 13.3 Å². The van der Waals surface area contributed by atoms with Crippen molar-refractivity contribution in [2.75, 3.05) is 6.61 Å². The first-order chi connectivity index (χ1) is 6.74. The van der Waals surface area contributed by atoms with Crippen LogP contribution in [0, 0.1) is 10.1 Å². The number of nitro groups is 1. The minimum absolute atomic E-state index is 0.0350. The lowest BCUT2D eigenvalue weighted by Crippen LogP contribution is -1.98. The summed E-state index contributed by atoms with van der Waals surface area (Å²) in [5.74, 6) is 0.462. The molecular weight excluding hydrogens is 186 g/mol. The van der Waals surface area contributed by atoms with E-state index in [1.165, 1.54) is 24.3 Å². The van der Waals surface area contributed by atoms with Crippen LogP contribution in [0.25, 0.3) is 0 Å². The highest BCUT2D eigenvalue weighted by Gasteiger charge is 2.04. The Labute approximate surface area is 81.3 Å². The zero-order chi connectivity index (χ0) is 10.4. The van der Waals surface area contributed by atoms with E-state index in [2.05, 4.69) is 0 Å². The maximum absolute atomic E-state index is 10.3. The first-order valence-electron chi connectivity index (χ1n) is 4.28. The number of hydrogen-bond acceptors (Lipinski definition) is 4. The normalized spacial score (nSPS) is 9.79. The summed E-state index contributed by atoms with van der Waals surface area (Å²) in [5, 5.41) is 10.3. The monoisotopic (exact) mass is 197 g/mol. The van der Waals surface area contributed by atoms with E-state index >= 15 is 0 Å². The largest absolute Gasteiger partial charge is 0.338 e. The minimum Gasteiger partial charge on any atom is -0.338 e. The van der Waals surface area contributed by atoms with E-state index in [-0.39, 0.29) is 5.69 Å². The molecule has 0 amide bonds. The van der Waals surface area contributed by atoms with E-state index in [0.29, 0.717) is 12.4 Å². The fourth-order valence-corrected chi connectivity index (χ4v) is 0.816. The lowest BCUT2D eigenvalue weighted by molar-refractivity contribution is -0.384. The van der Waals surface area contributed by atoms with Crippen LogP contribution in [0.15, 0.2) is 24.3 Å². The van der Waals surface area contributed by atoms with E-state index in [1.54, 1.807) is 0 Å². The maximum Gasteiger partial charge on any atom is 0.269 e. The third-order valence-corrected chi connectivity index (χ3v) is 1.49. The van der Waals surface area contributed by atoms with Crippen LogP contribution in [0.2, 0.25) is 0 Å². The summed E-state index contributed by atoms with van der Waals surface area (Å²) < 4.78 is 0. The van der Waals surface area contributed by atoms with Crippen LogP contribution in [0.1, 0.15) is 13.3 Å². The van der Waals surface area contributed by atoms with Crippen molar-refractivity contribution in [1.29, 1.82) is 0 Å². The standard InChI is InChI=1S/C9H11NO4/c1-2-7-13-14-9-5-3-8(4-6-9)10(11)12/h3-6H,2,7H2,1H3. The number of non-ortho nitro benzene ring substituents is 1. The van der Waals surface area contributed by atoms with Crippen molar-refractivity contribution in [3.8, 4) is 5.75 Å². The fraction of sp³-hybridized carbons (Fsp3) is 0.333. The van der Waals surface area contributed by atoms with Crippen LogP contribution >= 0.6 is 0 Å². The summed E-state index contributed by atoms with van der Waals surface area (Å²) in [6, 6.07) is 5.72. The Kier molecular flexibility index (Phi) is 3.87. The first-order valence-corrected chi connectivity index (χ1v) is 4.28. The summed E-state index contributed by atoms with van der Waals surface area (Å²) in [7, 11) is 0. The molecule has 0 aliphatic heterocycles. The first kappa shape index (κ1) is 10.5. The van der Waals surface area contributed by atoms with Gasteiger partial charge in [-0.1, -0.05) is 6.92 Å². The minimum atomic E-state index is -0.462. The summed E-state index contributed by atoms with van der Waals surface area (Å²) in [4.78, 5) is 19.5. The second-order valence-corrected chi connectivity index (χ2v) is 2.66. The molecule has 0 saturated carbocycles. The molecule has 0 bridgehead atoms. The second-order valence-electron chi connectivity index (χ2n) is 2.66. The van der Waals surface area contributed by atoms with E-state index in [1.807, 2.05) is 6.92 Å². The molecule has 0 fully saturated rings. The smallest absolute Gasteiger partial charge is 0.269 e. The van der Waals surface area contributed by atoms with Crippen molar-refractivity contribution in [2.24, 2.45) is 0 Å². The average Bonchev–Trinajstić information content (AvgIpc) is 2.19. The van der Waals surface area contributed by atoms with Gasteiger partial charge in [-0.15, -0.1) is 0 Å². The van der Waals surface area contributed by atoms with Gasteiger partial charge in [0.05, 0.1) is 11.5 Å². The molecule has 1 aromatic rings. The Balaban J connectivity index is 2.51. The Hall–Kier alpha value is -1.62. The zero-order valence-corrected chi connectivity index (χ0v) is 7.80. The quantitative estimate of drug-likeness (QED) is 0.314. The third-order valence-electron chi connectivity index (χ3n) is 1.49. The van der Waals surface area contributed by atoms with Crippen LogP contribution in [-0.4, -0.2) is 11.5 Å². The van der Waals surface area contributed by atoms with Gasteiger partial charge < -0.3 is 4.89 Å². The molecule has 1 rings (SSSR count). The topological polar surface area (TPSA) is 61.6 Å². The summed E-state index contributed by atoms with van der Waals surface area (Å²) in [6.07, 6.45) is 0.854. The van der Waals surface area contributed by atoms with Crippen LogP contribution in [0.3, 0.4) is 0 Å². The molecule has 0 radical (unpaired) electrons. The van der Waals surface area contributed by atoms with Crippen molar-refractivity contribution >= 4 is 5.69 Å². The van der Waals surface area contributed by atoms with E-state index < -0.39 is 4.92 Å². The van der Waals surface area contributed by atoms with Crippen LogP contribution < -0.4 is 4.89 Å². The molecule has 0 atom stereocenters. The molecule has 5 nitrogen and oxygen atoms in total. The van der Waals surface area contributed by atoms with Gasteiger partial charge in [0.1, 0.15) is 0 Å². The summed E-state index contributed by atoms with van der Waals surface area (Å²) in [6.45, 7) is 2.45. The summed E-state index contributed by atoms with van der Waals surface area (Å²) >= 11 is 0. The van der Waals surface area contributed by atoms with E-state index in [9.17, 15) is 10.1 Å². The van der Waals surface area contributed by atoms with Crippen molar-refractivity contribution < 1.29 is 14.7 Å². The summed E-state index contributed by atoms with van der Waals surface area (Å²) in [5.41, 5.74) is 0.0350. The maximum atomic E-state index is 10.3. The van der Waals surface area contributed by atoms with Crippen LogP contribution in [-0.2, 0) is 4.89 Å². The highest BCUT2D eigenvalue weighted by atomic mass is 17.2. The SMILES string of the molecule is CCCOOc1ccc([N+](=O)[O-])cc1. The predicted molar refractivity (Wildman–Crippen MR) is 50.0 cm³/mol.